The summed E-state index contributed by atoms with van der Waals surface area (Å²) >= 11 is 0. The molecule has 1 atom stereocenters. The van der Waals surface area contributed by atoms with Gasteiger partial charge < -0.3 is 15.2 Å². The largest absolute Gasteiger partial charge is 0.489 e. The van der Waals surface area contributed by atoms with E-state index in [-0.39, 0.29) is 0 Å². The van der Waals surface area contributed by atoms with Gasteiger partial charge in [0, 0.05) is 18.7 Å². The summed E-state index contributed by atoms with van der Waals surface area (Å²) in [5.74, 6) is 0.873. The lowest BCUT2D eigenvalue weighted by molar-refractivity contribution is 0.174. The van der Waals surface area contributed by atoms with Crippen LogP contribution < -0.4 is 10.1 Å². The van der Waals surface area contributed by atoms with E-state index in [1.54, 1.807) is 0 Å². The smallest absolute Gasteiger partial charge is 0.124 e. The average Bonchev–Trinajstić information content (AvgIpc) is 2.69. The van der Waals surface area contributed by atoms with Gasteiger partial charge >= 0.3 is 0 Å². The van der Waals surface area contributed by atoms with Gasteiger partial charge in [-0.3, -0.25) is 0 Å². The molecule has 0 heterocycles. The fourth-order valence-electron chi connectivity index (χ4n) is 2.85. The second-order valence-corrected chi connectivity index (χ2v) is 6.38. The highest BCUT2D eigenvalue weighted by atomic mass is 16.5. The summed E-state index contributed by atoms with van der Waals surface area (Å²) in [4.78, 5) is 0. The summed E-state index contributed by atoms with van der Waals surface area (Å²) in [5, 5.41) is 13.6. The first-order valence-corrected chi connectivity index (χ1v) is 8.93. The van der Waals surface area contributed by atoms with Gasteiger partial charge in [0.15, 0.2) is 0 Å². The highest BCUT2D eigenvalue weighted by molar-refractivity contribution is 5.34. The Balaban J connectivity index is 1.56. The number of benzene rings is 3. The van der Waals surface area contributed by atoms with Crippen LogP contribution in [0, 0.1) is 6.92 Å². The Hall–Kier alpha value is -2.62. The molecule has 0 radical (unpaired) electrons. The van der Waals surface area contributed by atoms with Gasteiger partial charge in [-0.15, -0.1) is 0 Å². The Morgan fingerprint density at radius 1 is 0.846 bits per heavy atom. The van der Waals surface area contributed by atoms with Crippen LogP contribution in [0.15, 0.2) is 78.9 Å². The lowest BCUT2D eigenvalue weighted by atomic mass is 10.1. The van der Waals surface area contributed by atoms with Crippen LogP contribution in [0.25, 0.3) is 0 Å². The van der Waals surface area contributed by atoms with Crippen LogP contribution in [0.3, 0.4) is 0 Å². The van der Waals surface area contributed by atoms with E-state index in [0.29, 0.717) is 19.7 Å². The quantitative estimate of drug-likeness (QED) is 0.635. The predicted molar refractivity (Wildman–Crippen MR) is 105 cm³/mol. The van der Waals surface area contributed by atoms with Crippen molar-refractivity contribution in [1.29, 1.82) is 0 Å². The maximum atomic E-state index is 10.3. The van der Waals surface area contributed by atoms with Crippen molar-refractivity contribution in [2.45, 2.75) is 26.2 Å². The van der Waals surface area contributed by atoms with E-state index in [0.717, 1.165) is 16.9 Å². The first-order valence-electron chi connectivity index (χ1n) is 8.93. The summed E-state index contributed by atoms with van der Waals surface area (Å²) < 4.78 is 6.04. The number of aliphatic hydroxyl groups excluding tert-OH is 1. The molecule has 0 saturated heterocycles. The van der Waals surface area contributed by atoms with Gasteiger partial charge in [0.05, 0.1) is 6.10 Å². The molecule has 3 aromatic rings. The summed E-state index contributed by atoms with van der Waals surface area (Å²) in [5.41, 5.74) is 4.43. The van der Waals surface area contributed by atoms with Crippen molar-refractivity contribution < 1.29 is 9.84 Å². The zero-order chi connectivity index (χ0) is 18.2. The van der Waals surface area contributed by atoms with Crippen LogP contribution in [0.1, 0.15) is 28.4 Å². The minimum absolute atomic E-state index is 0.496. The fraction of sp³-hybridized carbons (Fsp3) is 0.217. The van der Waals surface area contributed by atoms with Crippen LogP contribution in [0.4, 0.5) is 0 Å². The molecule has 3 rings (SSSR count). The number of nitrogens with one attached hydrogen (secondary N) is 1. The molecule has 3 nitrogen and oxygen atoms in total. The van der Waals surface area contributed by atoms with Crippen molar-refractivity contribution in [2.24, 2.45) is 0 Å². The van der Waals surface area contributed by atoms with E-state index in [1.807, 2.05) is 60.7 Å². The van der Waals surface area contributed by atoms with Crippen molar-refractivity contribution in [3.63, 3.8) is 0 Å². The van der Waals surface area contributed by atoms with Gasteiger partial charge in [0.1, 0.15) is 12.4 Å². The molecule has 26 heavy (non-hydrogen) atoms. The summed E-state index contributed by atoms with van der Waals surface area (Å²) in [7, 11) is 0. The molecular weight excluding hydrogens is 322 g/mol. The van der Waals surface area contributed by atoms with Crippen molar-refractivity contribution in [2.75, 3.05) is 6.54 Å². The van der Waals surface area contributed by atoms with E-state index >= 15 is 0 Å². The van der Waals surface area contributed by atoms with Gasteiger partial charge in [-0.05, 0) is 29.7 Å². The Labute approximate surface area is 155 Å². The first-order chi connectivity index (χ1) is 12.7. The number of para-hydroxylation sites is 1. The second kappa shape index (κ2) is 9.18. The third-order valence-electron chi connectivity index (χ3n) is 4.45. The number of rotatable bonds is 8. The zero-order valence-electron chi connectivity index (χ0n) is 15.1. The molecule has 3 aromatic carbocycles. The molecule has 0 bridgehead atoms. The van der Waals surface area contributed by atoms with Gasteiger partial charge in [-0.2, -0.15) is 0 Å². The third kappa shape index (κ3) is 4.94. The monoisotopic (exact) mass is 347 g/mol. The molecule has 0 saturated carbocycles. The van der Waals surface area contributed by atoms with Crippen molar-refractivity contribution >= 4 is 0 Å². The predicted octanol–water partition coefficient (Wildman–Crippen LogP) is 4.40. The molecule has 0 fully saturated rings. The van der Waals surface area contributed by atoms with Gasteiger partial charge in [0.25, 0.3) is 0 Å². The van der Waals surface area contributed by atoms with Gasteiger partial charge in [-0.1, -0.05) is 72.8 Å². The SMILES string of the molecule is Cc1ccccc1COc1ccccc1CNCC(O)c1ccccc1. The van der Waals surface area contributed by atoms with Gasteiger partial charge in [-0.25, -0.2) is 0 Å². The molecule has 0 aliphatic heterocycles. The number of hydrogen-bond donors (Lipinski definition) is 2. The van der Waals surface area contributed by atoms with Gasteiger partial charge in [0.2, 0.25) is 0 Å². The Bertz CT molecular complexity index is 817. The summed E-state index contributed by atoms with van der Waals surface area (Å²) in [6.45, 7) is 3.79. The first kappa shape index (κ1) is 18.2. The molecule has 0 aliphatic rings. The maximum absolute atomic E-state index is 10.3. The molecule has 0 spiro atoms. The van der Waals surface area contributed by atoms with E-state index < -0.39 is 6.10 Å². The zero-order valence-corrected chi connectivity index (χ0v) is 15.1. The van der Waals surface area contributed by atoms with E-state index in [9.17, 15) is 5.11 Å². The molecule has 0 aromatic heterocycles. The minimum atomic E-state index is -0.517. The Kier molecular flexibility index (Phi) is 6.42. The highest BCUT2D eigenvalue weighted by Crippen LogP contribution is 2.20. The van der Waals surface area contributed by atoms with Crippen molar-refractivity contribution in [3.05, 3.63) is 101 Å². The van der Waals surface area contributed by atoms with Crippen LogP contribution in [-0.2, 0) is 13.2 Å². The molecule has 0 amide bonds. The van der Waals surface area contributed by atoms with Crippen molar-refractivity contribution in [3.8, 4) is 5.75 Å². The molecular formula is C23H25NO2. The summed E-state index contributed by atoms with van der Waals surface area (Å²) in [6.07, 6.45) is -0.517. The lowest BCUT2D eigenvalue weighted by Crippen LogP contribution is -2.21. The third-order valence-corrected chi connectivity index (χ3v) is 4.45. The van der Waals surface area contributed by atoms with Crippen LogP contribution >= 0.6 is 0 Å². The van der Waals surface area contributed by atoms with Crippen LogP contribution in [0.2, 0.25) is 0 Å². The van der Waals surface area contributed by atoms with E-state index in [4.69, 9.17) is 4.74 Å². The molecule has 1 unspecified atom stereocenters. The standard InChI is InChI=1S/C23H25NO2/c1-18-9-5-6-13-21(18)17-26-23-14-8-7-12-20(23)15-24-16-22(25)19-10-3-2-4-11-19/h2-14,22,24-25H,15-17H2,1H3. The average molecular weight is 347 g/mol. The normalized spacial score (nSPS) is 11.9. The fourth-order valence-corrected chi connectivity index (χ4v) is 2.85. The number of hydrogen-bond acceptors (Lipinski definition) is 3. The highest BCUT2D eigenvalue weighted by Gasteiger charge is 2.08. The maximum Gasteiger partial charge on any atom is 0.124 e. The number of ether oxygens (including phenoxy) is 1. The summed E-state index contributed by atoms with van der Waals surface area (Å²) in [6, 6.07) is 26.0. The van der Waals surface area contributed by atoms with Crippen molar-refractivity contribution in [1.82, 2.24) is 5.32 Å². The number of aryl methyl sites for hydroxylation is 1. The topological polar surface area (TPSA) is 41.5 Å². The lowest BCUT2D eigenvalue weighted by Gasteiger charge is -2.15. The van der Waals surface area contributed by atoms with E-state index in [1.165, 1.54) is 11.1 Å². The molecule has 0 aliphatic carbocycles. The Morgan fingerprint density at radius 3 is 2.27 bits per heavy atom. The second-order valence-electron chi connectivity index (χ2n) is 6.38. The van der Waals surface area contributed by atoms with Crippen LogP contribution in [0.5, 0.6) is 5.75 Å². The van der Waals surface area contributed by atoms with E-state index in [2.05, 4.69) is 30.4 Å². The van der Waals surface area contributed by atoms with Crippen LogP contribution in [-0.4, -0.2) is 11.7 Å². The number of aliphatic hydroxyl groups is 1. The minimum Gasteiger partial charge on any atom is -0.489 e. The Morgan fingerprint density at radius 2 is 1.50 bits per heavy atom. The molecule has 2 N–H and O–H groups in total. The molecule has 134 valence electrons. The molecule has 3 heteroatoms.